The number of rotatable bonds is 3. The zero-order valence-electron chi connectivity index (χ0n) is 12.7. The molecule has 0 radical (unpaired) electrons. The summed E-state index contributed by atoms with van der Waals surface area (Å²) in [5.41, 5.74) is 1.57. The molecule has 2 aromatic rings. The molecule has 1 amide bonds. The van der Waals surface area contributed by atoms with Gasteiger partial charge in [0.05, 0.1) is 11.4 Å². The Bertz CT molecular complexity index is 630. The summed E-state index contributed by atoms with van der Waals surface area (Å²) >= 11 is 1.40. The zero-order chi connectivity index (χ0) is 14.7. The van der Waals surface area contributed by atoms with E-state index in [1.807, 2.05) is 25.1 Å². The van der Waals surface area contributed by atoms with E-state index in [1.54, 1.807) is 6.20 Å². The first-order chi connectivity index (χ1) is 10.2. The average molecular weight is 375 g/mol. The third-order valence-corrected chi connectivity index (χ3v) is 4.70. The lowest BCUT2D eigenvalue weighted by molar-refractivity contribution is 0.0934. The largest absolute Gasteiger partial charge is 0.347 e. The molecule has 1 fully saturated rings. The lowest BCUT2D eigenvalue weighted by atomic mass is 10.1. The molecule has 1 aliphatic rings. The first-order valence-electron chi connectivity index (χ1n) is 7.14. The van der Waals surface area contributed by atoms with Gasteiger partial charge in [-0.05, 0) is 38.4 Å². The standard InChI is InChI=1S/C15H18N4OS.2ClH/c1-10-13(14(20)19-11-5-4-7-16-9-11)21-15(18-10)12-6-2-3-8-17-12;;/h2-3,6,8,11,16H,4-5,7,9H2,1H3,(H,19,20);2*1H/t11-;;/m0../s1. The van der Waals surface area contributed by atoms with Crippen molar-refractivity contribution in [3.63, 3.8) is 0 Å². The summed E-state index contributed by atoms with van der Waals surface area (Å²) < 4.78 is 0. The molecule has 5 nitrogen and oxygen atoms in total. The number of piperidine rings is 1. The number of halogens is 2. The van der Waals surface area contributed by atoms with Crippen molar-refractivity contribution < 1.29 is 4.79 Å². The highest BCUT2D eigenvalue weighted by Gasteiger charge is 2.20. The van der Waals surface area contributed by atoms with Gasteiger partial charge in [0.1, 0.15) is 9.88 Å². The fourth-order valence-electron chi connectivity index (χ4n) is 2.43. The number of amides is 1. The van der Waals surface area contributed by atoms with Crippen LogP contribution in [-0.4, -0.2) is 35.0 Å². The van der Waals surface area contributed by atoms with Gasteiger partial charge in [-0.15, -0.1) is 36.2 Å². The van der Waals surface area contributed by atoms with E-state index in [0.717, 1.165) is 42.3 Å². The maximum atomic E-state index is 12.4. The molecule has 23 heavy (non-hydrogen) atoms. The minimum Gasteiger partial charge on any atom is -0.347 e. The van der Waals surface area contributed by atoms with Gasteiger partial charge in [0.25, 0.3) is 5.91 Å². The first-order valence-corrected chi connectivity index (χ1v) is 7.96. The Morgan fingerprint density at radius 2 is 2.22 bits per heavy atom. The second-order valence-electron chi connectivity index (χ2n) is 5.17. The lowest BCUT2D eigenvalue weighted by Gasteiger charge is -2.23. The molecule has 0 aromatic carbocycles. The topological polar surface area (TPSA) is 66.9 Å². The molecule has 0 aliphatic carbocycles. The van der Waals surface area contributed by atoms with Crippen LogP contribution < -0.4 is 10.6 Å². The summed E-state index contributed by atoms with van der Waals surface area (Å²) in [4.78, 5) is 21.8. The van der Waals surface area contributed by atoms with E-state index < -0.39 is 0 Å². The van der Waals surface area contributed by atoms with E-state index in [4.69, 9.17) is 0 Å². The predicted molar refractivity (Wildman–Crippen MR) is 97.9 cm³/mol. The predicted octanol–water partition coefficient (Wildman–Crippen LogP) is 2.84. The minimum atomic E-state index is -0.0270. The summed E-state index contributed by atoms with van der Waals surface area (Å²) in [6.07, 6.45) is 3.87. The van der Waals surface area contributed by atoms with Gasteiger partial charge >= 0.3 is 0 Å². The summed E-state index contributed by atoms with van der Waals surface area (Å²) in [6.45, 7) is 3.75. The number of hydrogen-bond donors (Lipinski definition) is 2. The van der Waals surface area contributed by atoms with E-state index in [-0.39, 0.29) is 36.8 Å². The molecule has 2 N–H and O–H groups in total. The van der Waals surface area contributed by atoms with Crippen LogP contribution in [0.1, 0.15) is 28.2 Å². The van der Waals surface area contributed by atoms with Gasteiger partial charge in [-0.1, -0.05) is 6.07 Å². The van der Waals surface area contributed by atoms with Crippen LogP contribution in [0.5, 0.6) is 0 Å². The minimum absolute atomic E-state index is 0. The number of hydrogen-bond acceptors (Lipinski definition) is 5. The molecule has 0 unspecified atom stereocenters. The van der Waals surface area contributed by atoms with Crippen molar-refractivity contribution in [2.24, 2.45) is 0 Å². The number of aryl methyl sites for hydroxylation is 1. The van der Waals surface area contributed by atoms with E-state index in [0.29, 0.717) is 4.88 Å². The number of pyridine rings is 1. The van der Waals surface area contributed by atoms with Crippen molar-refractivity contribution in [3.8, 4) is 10.7 Å². The molecule has 1 aliphatic heterocycles. The summed E-state index contributed by atoms with van der Waals surface area (Å²) in [5.74, 6) is -0.0270. The highest BCUT2D eigenvalue weighted by atomic mass is 35.5. The number of aromatic nitrogens is 2. The van der Waals surface area contributed by atoms with E-state index >= 15 is 0 Å². The molecule has 2 aromatic heterocycles. The van der Waals surface area contributed by atoms with E-state index in [1.165, 1.54) is 11.3 Å². The number of nitrogens with one attached hydrogen (secondary N) is 2. The number of carbonyl (C=O) groups is 1. The van der Waals surface area contributed by atoms with Gasteiger partial charge in [0.2, 0.25) is 0 Å². The average Bonchev–Trinajstić information content (AvgIpc) is 2.91. The third kappa shape index (κ3) is 4.88. The van der Waals surface area contributed by atoms with E-state index in [9.17, 15) is 4.79 Å². The molecule has 0 bridgehead atoms. The fourth-order valence-corrected chi connectivity index (χ4v) is 3.38. The number of carbonyl (C=O) groups excluding carboxylic acids is 1. The highest BCUT2D eigenvalue weighted by molar-refractivity contribution is 7.17. The number of nitrogens with zero attached hydrogens (tertiary/aromatic N) is 2. The van der Waals surface area contributed by atoms with Crippen molar-refractivity contribution in [2.45, 2.75) is 25.8 Å². The molecule has 3 rings (SSSR count). The summed E-state index contributed by atoms with van der Waals surface area (Å²) in [6, 6.07) is 5.91. The molecule has 8 heteroatoms. The normalized spacial score (nSPS) is 16.8. The molecular weight excluding hydrogens is 355 g/mol. The van der Waals surface area contributed by atoms with Gasteiger partial charge in [0, 0.05) is 18.8 Å². The summed E-state index contributed by atoms with van der Waals surface area (Å²) in [5, 5.41) is 7.18. The Morgan fingerprint density at radius 3 is 2.87 bits per heavy atom. The van der Waals surface area contributed by atoms with Crippen LogP contribution in [0.2, 0.25) is 0 Å². The quantitative estimate of drug-likeness (QED) is 0.866. The summed E-state index contributed by atoms with van der Waals surface area (Å²) in [7, 11) is 0. The SMILES string of the molecule is Cc1nc(-c2ccccn2)sc1C(=O)N[C@H]1CCCNC1.Cl.Cl. The van der Waals surface area contributed by atoms with Crippen LogP contribution >= 0.6 is 36.2 Å². The molecule has 126 valence electrons. The number of thiazole rings is 1. The Kier molecular flexibility index (Phi) is 7.91. The van der Waals surface area contributed by atoms with Crippen molar-refractivity contribution >= 4 is 42.1 Å². The molecule has 1 atom stereocenters. The molecule has 1 saturated heterocycles. The third-order valence-electron chi connectivity index (χ3n) is 3.52. The monoisotopic (exact) mass is 374 g/mol. The maximum absolute atomic E-state index is 12.4. The Morgan fingerprint density at radius 1 is 1.39 bits per heavy atom. The molecule has 3 heterocycles. The van der Waals surface area contributed by atoms with Crippen molar-refractivity contribution in [1.82, 2.24) is 20.6 Å². The molecule has 0 saturated carbocycles. The van der Waals surface area contributed by atoms with Gasteiger partial charge in [-0.2, -0.15) is 0 Å². The fraction of sp³-hybridized carbons (Fsp3) is 0.400. The maximum Gasteiger partial charge on any atom is 0.263 e. The van der Waals surface area contributed by atoms with Crippen LogP contribution in [0, 0.1) is 6.92 Å². The van der Waals surface area contributed by atoms with Crippen LogP contribution in [0.15, 0.2) is 24.4 Å². The first kappa shape index (κ1) is 19.8. The molecule has 0 spiro atoms. The van der Waals surface area contributed by atoms with Crippen LogP contribution in [0.4, 0.5) is 0 Å². The Labute approximate surface area is 152 Å². The lowest BCUT2D eigenvalue weighted by Crippen LogP contribution is -2.45. The van der Waals surface area contributed by atoms with Gasteiger partial charge in [-0.25, -0.2) is 4.98 Å². The van der Waals surface area contributed by atoms with E-state index in [2.05, 4.69) is 20.6 Å². The Hall–Kier alpha value is -1.21. The van der Waals surface area contributed by atoms with Crippen LogP contribution in [0.25, 0.3) is 10.7 Å². The van der Waals surface area contributed by atoms with Crippen molar-refractivity contribution in [1.29, 1.82) is 0 Å². The van der Waals surface area contributed by atoms with Crippen molar-refractivity contribution in [3.05, 3.63) is 35.0 Å². The highest BCUT2D eigenvalue weighted by Crippen LogP contribution is 2.26. The van der Waals surface area contributed by atoms with Gasteiger partial charge < -0.3 is 10.6 Å². The van der Waals surface area contributed by atoms with Crippen LogP contribution in [0.3, 0.4) is 0 Å². The second kappa shape index (κ2) is 9.17. The van der Waals surface area contributed by atoms with Crippen LogP contribution in [-0.2, 0) is 0 Å². The van der Waals surface area contributed by atoms with Gasteiger partial charge in [0.15, 0.2) is 0 Å². The Balaban J connectivity index is 0.00000132. The molecular formula is C15H20Cl2N4OS. The van der Waals surface area contributed by atoms with Crippen molar-refractivity contribution in [2.75, 3.05) is 13.1 Å². The smallest absolute Gasteiger partial charge is 0.263 e. The second-order valence-corrected chi connectivity index (χ2v) is 6.16. The zero-order valence-corrected chi connectivity index (χ0v) is 15.2. The van der Waals surface area contributed by atoms with Gasteiger partial charge in [-0.3, -0.25) is 9.78 Å².